The summed E-state index contributed by atoms with van der Waals surface area (Å²) in [6, 6.07) is 9.58. The molecule has 31 heavy (non-hydrogen) atoms. The van der Waals surface area contributed by atoms with E-state index in [4.69, 9.17) is 5.11 Å². The van der Waals surface area contributed by atoms with Gasteiger partial charge in [-0.2, -0.15) is 0 Å². The lowest BCUT2D eigenvalue weighted by molar-refractivity contribution is -0.147. The van der Waals surface area contributed by atoms with Crippen LogP contribution in [0, 0.1) is 5.92 Å². The van der Waals surface area contributed by atoms with Crippen LogP contribution in [0.25, 0.3) is 6.08 Å². The van der Waals surface area contributed by atoms with Crippen molar-refractivity contribution in [3.63, 3.8) is 0 Å². The summed E-state index contributed by atoms with van der Waals surface area (Å²) in [5.74, 6) is -0.742. The van der Waals surface area contributed by atoms with Gasteiger partial charge in [0.15, 0.2) is 0 Å². The molecule has 1 aromatic heterocycles. The highest BCUT2D eigenvalue weighted by molar-refractivity contribution is 5.71. The molecule has 160 valence electrons. The molecule has 1 aromatic carbocycles. The van der Waals surface area contributed by atoms with Gasteiger partial charge in [-0.25, -0.2) is 0 Å². The van der Waals surface area contributed by atoms with Crippen LogP contribution in [0.15, 0.2) is 84.8 Å². The number of carbonyl (C=O) groups is 1. The van der Waals surface area contributed by atoms with Crippen molar-refractivity contribution in [1.29, 1.82) is 0 Å². The van der Waals surface area contributed by atoms with Crippen molar-refractivity contribution in [3.05, 3.63) is 101 Å². The predicted molar refractivity (Wildman–Crippen MR) is 124 cm³/mol. The summed E-state index contributed by atoms with van der Waals surface area (Å²) >= 11 is 0. The molecular weight excluding hydrogens is 388 g/mol. The molecule has 2 aromatic rings. The number of phenols is 1. The Morgan fingerprint density at radius 1 is 1.26 bits per heavy atom. The monoisotopic (exact) mass is 416 g/mol. The highest BCUT2D eigenvalue weighted by Crippen LogP contribution is 2.22. The van der Waals surface area contributed by atoms with E-state index in [1.165, 1.54) is 0 Å². The lowest BCUT2D eigenvalue weighted by Gasteiger charge is -2.36. The predicted octanol–water partition coefficient (Wildman–Crippen LogP) is 4.47. The van der Waals surface area contributed by atoms with Crippen molar-refractivity contribution >= 4 is 12.0 Å². The van der Waals surface area contributed by atoms with Gasteiger partial charge in [-0.1, -0.05) is 54.7 Å². The molecule has 0 bridgehead atoms. The molecule has 0 unspecified atom stereocenters. The van der Waals surface area contributed by atoms with E-state index in [-0.39, 0.29) is 11.7 Å². The second kappa shape index (κ2) is 10.5. The van der Waals surface area contributed by atoms with Gasteiger partial charge < -0.3 is 10.2 Å². The van der Waals surface area contributed by atoms with Crippen LogP contribution >= 0.6 is 0 Å². The fraction of sp³-hybridized carbons (Fsp3) is 0.231. The maximum atomic E-state index is 10.9. The summed E-state index contributed by atoms with van der Waals surface area (Å²) in [4.78, 5) is 17.2. The van der Waals surface area contributed by atoms with Gasteiger partial charge in [-0.3, -0.25) is 14.7 Å². The zero-order chi connectivity index (χ0) is 22.2. The minimum absolute atomic E-state index is 0.243. The molecule has 0 saturated carbocycles. The van der Waals surface area contributed by atoms with E-state index in [9.17, 15) is 9.90 Å². The number of carboxylic acids is 1. The maximum absolute atomic E-state index is 10.9. The molecule has 5 nitrogen and oxygen atoms in total. The molecule has 0 spiro atoms. The summed E-state index contributed by atoms with van der Waals surface area (Å²) in [5, 5.41) is 19.2. The van der Waals surface area contributed by atoms with Crippen LogP contribution in [-0.4, -0.2) is 45.7 Å². The normalized spacial score (nSPS) is 15.8. The average molecular weight is 417 g/mol. The van der Waals surface area contributed by atoms with Crippen LogP contribution in [0.4, 0.5) is 0 Å². The molecule has 1 aliphatic heterocycles. The number of phenolic OH excluding ortho intramolecular Hbond substituents is 1. The van der Waals surface area contributed by atoms with Gasteiger partial charge in [0.05, 0.1) is 5.92 Å². The van der Waals surface area contributed by atoms with Crippen molar-refractivity contribution in [2.45, 2.75) is 13.3 Å². The second-order valence-electron chi connectivity index (χ2n) is 7.85. The Labute approximate surface area is 183 Å². The summed E-state index contributed by atoms with van der Waals surface area (Å²) < 4.78 is 0. The molecule has 0 atom stereocenters. The van der Waals surface area contributed by atoms with E-state index in [0.29, 0.717) is 19.6 Å². The van der Waals surface area contributed by atoms with E-state index in [2.05, 4.69) is 16.5 Å². The third-order valence-corrected chi connectivity index (χ3v) is 5.28. The SMILES string of the molecule is C=C\C(=C/C=C(C)/C=C/c1cc(Cc2cccnc2)ccc1O)CN1CC(C(=O)O)C1. The van der Waals surface area contributed by atoms with Crippen molar-refractivity contribution < 1.29 is 15.0 Å². The van der Waals surface area contributed by atoms with Crippen molar-refractivity contribution in [2.75, 3.05) is 19.6 Å². The van der Waals surface area contributed by atoms with E-state index in [1.54, 1.807) is 18.3 Å². The minimum Gasteiger partial charge on any atom is -0.507 e. The first-order valence-corrected chi connectivity index (χ1v) is 10.3. The smallest absolute Gasteiger partial charge is 0.309 e. The molecule has 1 fully saturated rings. The summed E-state index contributed by atoms with van der Waals surface area (Å²) in [5.41, 5.74) is 5.07. The van der Waals surface area contributed by atoms with Gasteiger partial charge >= 0.3 is 5.97 Å². The van der Waals surface area contributed by atoms with Gasteiger partial charge in [0.25, 0.3) is 0 Å². The van der Waals surface area contributed by atoms with Crippen LogP contribution in [-0.2, 0) is 11.2 Å². The fourth-order valence-corrected chi connectivity index (χ4v) is 3.40. The lowest BCUT2D eigenvalue weighted by Crippen LogP contribution is -2.50. The second-order valence-corrected chi connectivity index (χ2v) is 7.85. The third kappa shape index (κ3) is 6.52. The van der Waals surface area contributed by atoms with Gasteiger partial charge in [0.1, 0.15) is 5.75 Å². The van der Waals surface area contributed by atoms with Crippen molar-refractivity contribution in [3.8, 4) is 5.75 Å². The summed E-state index contributed by atoms with van der Waals surface area (Å²) in [6.07, 6.45) is 14.0. The third-order valence-electron chi connectivity index (χ3n) is 5.28. The number of hydrogen-bond donors (Lipinski definition) is 2. The summed E-state index contributed by atoms with van der Waals surface area (Å²) in [7, 11) is 0. The molecule has 0 amide bonds. The van der Waals surface area contributed by atoms with Crippen LogP contribution in [0.2, 0.25) is 0 Å². The first kappa shape index (κ1) is 22.2. The maximum Gasteiger partial charge on any atom is 0.309 e. The van der Waals surface area contributed by atoms with E-state index >= 15 is 0 Å². The molecule has 0 radical (unpaired) electrons. The minimum atomic E-state index is -0.728. The quantitative estimate of drug-likeness (QED) is 0.590. The number of likely N-dealkylation sites (tertiary alicyclic amines) is 1. The van der Waals surface area contributed by atoms with Crippen LogP contribution in [0.1, 0.15) is 23.6 Å². The number of aromatic hydroxyl groups is 1. The fourth-order valence-electron chi connectivity index (χ4n) is 3.40. The largest absolute Gasteiger partial charge is 0.507 e. The Morgan fingerprint density at radius 3 is 2.74 bits per heavy atom. The number of aromatic nitrogens is 1. The number of rotatable bonds is 9. The number of nitrogens with zero attached hydrogens (tertiary/aromatic N) is 2. The molecule has 1 saturated heterocycles. The zero-order valence-corrected chi connectivity index (χ0v) is 17.7. The van der Waals surface area contributed by atoms with Crippen molar-refractivity contribution in [2.24, 2.45) is 5.92 Å². The molecule has 2 N–H and O–H groups in total. The van der Waals surface area contributed by atoms with Crippen LogP contribution in [0.3, 0.4) is 0 Å². The zero-order valence-electron chi connectivity index (χ0n) is 17.7. The number of hydrogen-bond acceptors (Lipinski definition) is 4. The standard InChI is InChI=1S/C26H28N2O3/c1-3-20(16-28-17-24(18-28)26(30)31)8-6-19(2)7-10-23-14-21(9-11-25(23)29)13-22-5-4-12-27-15-22/h3-12,14-15,24,29H,1,13,16-18H2,2H3,(H,30,31)/b10-7+,19-6+,20-8+. The Balaban J connectivity index is 1.62. The average Bonchev–Trinajstić information content (AvgIpc) is 2.73. The van der Waals surface area contributed by atoms with E-state index in [1.807, 2.05) is 61.7 Å². The number of aliphatic carboxylic acids is 1. The number of pyridine rings is 1. The highest BCUT2D eigenvalue weighted by atomic mass is 16.4. The Morgan fingerprint density at radius 2 is 2.06 bits per heavy atom. The Hall–Kier alpha value is -3.44. The first-order valence-electron chi connectivity index (χ1n) is 10.3. The van der Waals surface area contributed by atoms with E-state index in [0.717, 1.165) is 34.3 Å². The molecule has 0 aliphatic carbocycles. The van der Waals surface area contributed by atoms with E-state index < -0.39 is 5.97 Å². The number of benzene rings is 1. The number of carboxylic acid groups (broad SMARTS) is 1. The molecule has 5 heteroatoms. The first-order chi connectivity index (χ1) is 14.9. The van der Waals surface area contributed by atoms with Gasteiger partial charge in [-0.05, 0) is 48.2 Å². The topological polar surface area (TPSA) is 73.7 Å². The number of allylic oxidation sites excluding steroid dienone is 4. The van der Waals surface area contributed by atoms with Crippen LogP contribution < -0.4 is 0 Å². The molecule has 3 rings (SSSR count). The Kier molecular flexibility index (Phi) is 7.57. The van der Waals surface area contributed by atoms with Gasteiger partial charge in [0, 0.05) is 37.6 Å². The van der Waals surface area contributed by atoms with Crippen molar-refractivity contribution in [1.82, 2.24) is 9.88 Å². The van der Waals surface area contributed by atoms with Crippen LogP contribution in [0.5, 0.6) is 5.75 Å². The lowest BCUT2D eigenvalue weighted by atomic mass is 9.99. The Bertz CT molecular complexity index is 1020. The van der Waals surface area contributed by atoms with Gasteiger partial charge in [0.2, 0.25) is 0 Å². The molecule has 1 aliphatic rings. The molecular formula is C26H28N2O3. The summed E-state index contributed by atoms with van der Waals surface area (Å²) in [6.45, 7) is 7.71. The van der Waals surface area contributed by atoms with Gasteiger partial charge in [-0.15, -0.1) is 0 Å². The molecule has 2 heterocycles. The highest BCUT2D eigenvalue weighted by Gasteiger charge is 2.32.